The van der Waals surface area contributed by atoms with Crippen LogP contribution in [0, 0.1) is 11.8 Å². The molecule has 0 aromatic carbocycles. The molecular formula is C65H126O6. The highest BCUT2D eigenvalue weighted by Gasteiger charge is 2.19. The second kappa shape index (κ2) is 57.7. The predicted octanol–water partition coefficient (Wildman–Crippen LogP) is 21.6. The summed E-state index contributed by atoms with van der Waals surface area (Å²) in [7, 11) is 0. The van der Waals surface area contributed by atoms with Crippen LogP contribution in [0.2, 0.25) is 0 Å². The van der Waals surface area contributed by atoms with Crippen LogP contribution >= 0.6 is 0 Å². The average Bonchev–Trinajstić information content (AvgIpc) is 3.36. The largest absolute Gasteiger partial charge is 0.462 e. The standard InChI is InChI=1S/C65H126O6/c1-6-8-9-10-11-12-13-14-15-16-17-18-19-26-32-37-42-47-52-57-65(68)71-62(59-70-64(67)56-51-46-41-36-31-27-22-23-28-33-38-43-48-53-60(3)4)58-69-63(66)55-50-45-40-35-30-25-21-20-24-29-34-39-44-49-54-61(5)7-2/h60-62H,6-59H2,1-5H3/t61?,62-/m0/s1. The van der Waals surface area contributed by atoms with Gasteiger partial charge < -0.3 is 14.2 Å². The third-order valence-corrected chi connectivity index (χ3v) is 15.3. The zero-order chi connectivity index (χ0) is 51.8. The van der Waals surface area contributed by atoms with Gasteiger partial charge in [-0.2, -0.15) is 0 Å². The van der Waals surface area contributed by atoms with Crippen LogP contribution in [-0.2, 0) is 28.6 Å². The number of carbonyl (C=O) groups is 3. The summed E-state index contributed by atoms with van der Waals surface area (Å²) in [5.41, 5.74) is 0. The first kappa shape index (κ1) is 69.4. The molecule has 0 aromatic heterocycles. The average molecular weight is 1000 g/mol. The third-order valence-electron chi connectivity index (χ3n) is 15.3. The fourth-order valence-corrected chi connectivity index (χ4v) is 10.1. The highest BCUT2D eigenvalue weighted by molar-refractivity contribution is 5.71. The highest BCUT2D eigenvalue weighted by Crippen LogP contribution is 2.19. The van der Waals surface area contributed by atoms with E-state index in [0.29, 0.717) is 19.3 Å². The molecule has 71 heavy (non-hydrogen) atoms. The summed E-state index contributed by atoms with van der Waals surface area (Å²) in [4.78, 5) is 38.3. The fourth-order valence-electron chi connectivity index (χ4n) is 10.1. The van der Waals surface area contributed by atoms with Gasteiger partial charge in [-0.05, 0) is 31.1 Å². The lowest BCUT2D eigenvalue weighted by atomic mass is 9.99. The minimum Gasteiger partial charge on any atom is -0.462 e. The molecule has 0 heterocycles. The van der Waals surface area contributed by atoms with E-state index >= 15 is 0 Å². The Labute approximate surface area is 444 Å². The van der Waals surface area contributed by atoms with Crippen LogP contribution in [-0.4, -0.2) is 37.2 Å². The van der Waals surface area contributed by atoms with Gasteiger partial charge in [0, 0.05) is 19.3 Å². The van der Waals surface area contributed by atoms with Crippen LogP contribution in [0.15, 0.2) is 0 Å². The maximum Gasteiger partial charge on any atom is 0.306 e. The quantitative estimate of drug-likeness (QED) is 0.0343. The first-order chi connectivity index (χ1) is 34.8. The fraction of sp³-hybridized carbons (Fsp3) is 0.954. The summed E-state index contributed by atoms with van der Waals surface area (Å²) in [6.45, 7) is 11.5. The van der Waals surface area contributed by atoms with E-state index in [-0.39, 0.29) is 31.1 Å². The molecule has 0 saturated carbocycles. The molecule has 0 saturated heterocycles. The summed E-state index contributed by atoms with van der Waals surface area (Å²) < 4.78 is 17.0. The van der Waals surface area contributed by atoms with E-state index in [1.807, 2.05) is 0 Å². The summed E-state index contributed by atoms with van der Waals surface area (Å²) in [6, 6.07) is 0. The highest BCUT2D eigenvalue weighted by atomic mass is 16.6. The lowest BCUT2D eigenvalue weighted by Crippen LogP contribution is -2.30. The number of rotatable bonds is 59. The van der Waals surface area contributed by atoms with Gasteiger partial charge in [0.2, 0.25) is 0 Å². The lowest BCUT2D eigenvalue weighted by molar-refractivity contribution is -0.167. The summed E-state index contributed by atoms with van der Waals surface area (Å²) in [6.07, 6.45) is 63.8. The van der Waals surface area contributed by atoms with Crippen molar-refractivity contribution < 1.29 is 28.6 Å². The normalized spacial score (nSPS) is 12.4. The van der Waals surface area contributed by atoms with Crippen molar-refractivity contribution in [3.8, 4) is 0 Å². The zero-order valence-electron chi connectivity index (χ0n) is 48.9. The Morgan fingerprint density at radius 1 is 0.296 bits per heavy atom. The van der Waals surface area contributed by atoms with E-state index in [0.717, 1.165) is 69.6 Å². The van der Waals surface area contributed by atoms with Gasteiger partial charge in [-0.25, -0.2) is 0 Å². The monoisotopic (exact) mass is 1000 g/mol. The molecule has 0 N–H and O–H groups in total. The molecule has 0 aliphatic rings. The third kappa shape index (κ3) is 57.5. The van der Waals surface area contributed by atoms with Crippen molar-refractivity contribution in [1.82, 2.24) is 0 Å². The zero-order valence-corrected chi connectivity index (χ0v) is 48.9. The van der Waals surface area contributed by atoms with Gasteiger partial charge in [-0.15, -0.1) is 0 Å². The summed E-state index contributed by atoms with van der Waals surface area (Å²) >= 11 is 0. The Morgan fingerprint density at radius 3 is 0.803 bits per heavy atom. The summed E-state index contributed by atoms with van der Waals surface area (Å²) in [5, 5.41) is 0. The van der Waals surface area contributed by atoms with E-state index in [2.05, 4.69) is 34.6 Å². The second-order valence-corrected chi connectivity index (χ2v) is 23.1. The molecule has 0 aliphatic heterocycles. The van der Waals surface area contributed by atoms with Crippen LogP contribution in [0.5, 0.6) is 0 Å². The lowest BCUT2D eigenvalue weighted by Gasteiger charge is -2.18. The minimum atomic E-state index is -0.764. The number of ether oxygens (including phenoxy) is 3. The minimum absolute atomic E-state index is 0.0619. The number of carbonyl (C=O) groups excluding carboxylic acids is 3. The van der Waals surface area contributed by atoms with E-state index in [9.17, 15) is 14.4 Å². The van der Waals surface area contributed by atoms with E-state index in [1.165, 1.54) is 257 Å². The molecule has 1 unspecified atom stereocenters. The van der Waals surface area contributed by atoms with Gasteiger partial charge in [-0.3, -0.25) is 14.4 Å². The molecule has 0 fully saturated rings. The van der Waals surface area contributed by atoms with E-state index in [1.54, 1.807) is 0 Å². The topological polar surface area (TPSA) is 78.9 Å². The molecule has 0 rings (SSSR count). The van der Waals surface area contributed by atoms with Gasteiger partial charge in [-0.1, -0.05) is 330 Å². The molecule has 0 aromatic rings. The maximum atomic E-state index is 12.9. The van der Waals surface area contributed by atoms with Crippen LogP contribution in [0.4, 0.5) is 0 Å². The number of esters is 3. The van der Waals surface area contributed by atoms with Crippen LogP contribution in [0.1, 0.15) is 369 Å². The van der Waals surface area contributed by atoms with Gasteiger partial charge in [0.15, 0.2) is 6.10 Å². The van der Waals surface area contributed by atoms with Crippen molar-refractivity contribution in [2.75, 3.05) is 13.2 Å². The Bertz CT molecular complexity index is 1090. The van der Waals surface area contributed by atoms with Gasteiger partial charge in [0.05, 0.1) is 0 Å². The van der Waals surface area contributed by atoms with Gasteiger partial charge >= 0.3 is 17.9 Å². The first-order valence-corrected chi connectivity index (χ1v) is 32.3. The van der Waals surface area contributed by atoms with Crippen molar-refractivity contribution in [1.29, 1.82) is 0 Å². The molecule has 0 amide bonds. The van der Waals surface area contributed by atoms with Crippen LogP contribution < -0.4 is 0 Å². The van der Waals surface area contributed by atoms with Crippen molar-refractivity contribution in [2.24, 2.45) is 11.8 Å². The van der Waals surface area contributed by atoms with E-state index < -0.39 is 6.10 Å². The second-order valence-electron chi connectivity index (χ2n) is 23.1. The Hall–Kier alpha value is -1.59. The first-order valence-electron chi connectivity index (χ1n) is 32.3. The number of unbranched alkanes of at least 4 members (excludes halogenated alkanes) is 43. The molecule has 0 radical (unpaired) electrons. The van der Waals surface area contributed by atoms with Crippen molar-refractivity contribution in [3.63, 3.8) is 0 Å². The van der Waals surface area contributed by atoms with Crippen molar-refractivity contribution in [2.45, 2.75) is 375 Å². The van der Waals surface area contributed by atoms with Crippen molar-refractivity contribution >= 4 is 17.9 Å². The van der Waals surface area contributed by atoms with E-state index in [4.69, 9.17) is 14.2 Å². The molecule has 6 heteroatoms. The molecule has 422 valence electrons. The number of hydrogen-bond donors (Lipinski definition) is 0. The van der Waals surface area contributed by atoms with Crippen molar-refractivity contribution in [3.05, 3.63) is 0 Å². The molecule has 0 bridgehead atoms. The predicted molar refractivity (Wildman–Crippen MR) is 307 cm³/mol. The Kier molecular flexibility index (Phi) is 56.4. The Balaban J connectivity index is 4.29. The Morgan fingerprint density at radius 2 is 0.535 bits per heavy atom. The number of hydrogen-bond acceptors (Lipinski definition) is 6. The molecule has 0 spiro atoms. The molecule has 0 aliphatic carbocycles. The molecule has 6 nitrogen and oxygen atoms in total. The molecule has 2 atom stereocenters. The smallest absolute Gasteiger partial charge is 0.306 e. The van der Waals surface area contributed by atoms with Gasteiger partial charge in [0.1, 0.15) is 13.2 Å². The van der Waals surface area contributed by atoms with Gasteiger partial charge in [0.25, 0.3) is 0 Å². The van der Waals surface area contributed by atoms with Crippen LogP contribution in [0.25, 0.3) is 0 Å². The SMILES string of the molecule is CCCCCCCCCCCCCCCCCCCCCC(=O)O[C@@H](COC(=O)CCCCCCCCCCCCCCCCC(C)CC)COC(=O)CCCCCCCCCCCCCCCC(C)C. The summed E-state index contributed by atoms with van der Waals surface area (Å²) in [5.74, 6) is 0.904. The maximum absolute atomic E-state index is 12.9. The molecular weight excluding hydrogens is 877 g/mol. The van der Waals surface area contributed by atoms with Crippen LogP contribution in [0.3, 0.4) is 0 Å².